The van der Waals surface area contributed by atoms with Crippen LogP contribution in [0.1, 0.15) is 13.3 Å². The zero-order valence-corrected chi connectivity index (χ0v) is 9.57. The summed E-state index contributed by atoms with van der Waals surface area (Å²) in [6.07, 6.45) is 0.0784. The summed E-state index contributed by atoms with van der Waals surface area (Å²) in [4.78, 5) is 10.3. The van der Waals surface area contributed by atoms with Crippen molar-refractivity contribution in [3.05, 3.63) is 33.3 Å². The van der Waals surface area contributed by atoms with E-state index in [1.54, 1.807) is 19.1 Å². The molecule has 2 N–H and O–H groups in total. The molecule has 16 heavy (non-hydrogen) atoms. The smallest absolute Gasteiger partial charge is 0.310 e. The Morgan fingerprint density at radius 2 is 2.31 bits per heavy atom. The average Bonchev–Trinajstić information content (AvgIpc) is 2.16. The molecule has 0 saturated carbocycles. The molecule has 0 aromatic heterocycles. The molecule has 0 spiro atoms. The number of nitrogens with zero attached hydrogens (tertiary/aromatic N) is 1. The van der Waals surface area contributed by atoms with Crippen LogP contribution < -0.4 is 5.32 Å². The third kappa shape index (κ3) is 3.36. The van der Waals surface area contributed by atoms with Crippen molar-refractivity contribution in [2.24, 2.45) is 0 Å². The highest BCUT2D eigenvalue weighted by molar-refractivity contribution is 6.33. The van der Waals surface area contributed by atoms with Crippen LogP contribution in [0.2, 0.25) is 5.02 Å². The molecule has 0 aliphatic heterocycles. The Hall–Kier alpha value is -1.33. The first kappa shape index (κ1) is 12.7. The molecular formula is C10H13ClN2O3. The van der Waals surface area contributed by atoms with E-state index in [0.29, 0.717) is 18.7 Å². The van der Waals surface area contributed by atoms with Gasteiger partial charge in [-0.1, -0.05) is 17.7 Å². The van der Waals surface area contributed by atoms with Gasteiger partial charge in [-0.05, 0) is 25.5 Å². The summed E-state index contributed by atoms with van der Waals surface area (Å²) >= 11 is 5.73. The van der Waals surface area contributed by atoms with Crippen molar-refractivity contribution in [3.8, 4) is 0 Å². The molecule has 0 heterocycles. The number of nitrogens with one attached hydrogen (secondary N) is 1. The maximum Gasteiger partial charge on any atom is 0.310 e. The predicted molar refractivity (Wildman–Crippen MR) is 62.9 cm³/mol. The fourth-order valence-electron chi connectivity index (χ4n) is 1.26. The minimum absolute atomic E-state index is 0.104. The van der Waals surface area contributed by atoms with Gasteiger partial charge in [0.1, 0.15) is 10.7 Å². The third-order valence-electron chi connectivity index (χ3n) is 2.05. The summed E-state index contributed by atoms with van der Waals surface area (Å²) in [5, 5.41) is 22.8. The molecule has 0 amide bonds. The second-order valence-electron chi connectivity index (χ2n) is 3.46. The Balaban J connectivity index is 2.79. The molecule has 1 rings (SSSR count). The van der Waals surface area contributed by atoms with Crippen molar-refractivity contribution in [2.75, 3.05) is 11.9 Å². The van der Waals surface area contributed by atoms with Gasteiger partial charge in [0, 0.05) is 6.54 Å². The van der Waals surface area contributed by atoms with Gasteiger partial charge < -0.3 is 10.4 Å². The highest BCUT2D eigenvalue weighted by atomic mass is 35.5. The van der Waals surface area contributed by atoms with E-state index in [-0.39, 0.29) is 10.7 Å². The van der Waals surface area contributed by atoms with E-state index in [0.717, 1.165) is 0 Å². The lowest BCUT2D eigenvalue weighted by Crippen LogP contribution is -2.10. The van der Waals surface area contributed by atoms with E-state index in [1.807, 2.05) is 0 Å². The normalized spacial score (nSPS) is 12.2. The quantitative estimate of drug-likeness (QED) is 0.616. The van der Waals surface area contributed by atoms with Crippen LogP contribution in [0.3, 0.4) is 0 Å². The Kier molecular flexibility index (Phi) is 4.52. The molecule has 5 nitrogen and oxygen atoms in total. The van der Waals surface area contributed by atoms with Crippen LogP contribution in [-0.2, 0) is 0 Å². The Morgan fingerprint density at radius 3 is 2.88 bits per heavy atom. The van der Waals surface area contributed by atoms with Gasteiger partial charge in [0.2, 0.25) is 0 Å². The second-order valence-corrected chi connectivity index (χ2v) is 3.86. The molecule has 0 fully saturated rings. The number of nitro benzene ring substituents is 1. The molecule has 6 heteroatoms. The highest BCUT2D eigenvalue weighted by Crippen LogP contribution is 2.32. The second kappa shape index (κ2) is 5.67. The molecular weight excluding hydrogens is 232 g/mol. The van der Waals surface area contributed by atoms with Crippen LogP contribution >= 0.6 is 11.6 Å². The standard InChI is InChI=1S/C10H13ClN2O3/c1-7(14)5-6-12-9-4-2-3-8(11)10(9)13(15)16/h2-4,7,12,14H,5-6H2,1H3. The summed E-state index contributed by atoms with van der Waals surface area (Å²) in [7, 11) is 0. The predicted octanol–water partition coefficient (Wildman–Crippen LogP) is 2.43. The first-order valence-electron chi connectivity index (χ1n) is 4.87. The zero-order chi connectivity index (χ0) is 12.1. The van der Waals surface area contributed by atoms with Crippen LogP contribution in [0.15, 0.2) is 18.2 Å². The number of hydrogen-bond acceptors (Lipinski definition) is 4. The number of aliphatic hydroxyl groups is 1. The largest absolute Gasteiger partial charge is 0.393 e. The van der Waals surface area contributed by atoms with Gasteiger partial charge in [0.25, 0.3) is 0 Å². The lowest BCUT2D eigenvalue weighted by Gasteiger charge is -2.08. The van der Waals surface area contributed by atoms with Crippen molar-refractivity contribution in [1.29, 1.82) is 0 Å². The number of aliphatic hydroxyl groups excluding tert-OH is 1. The summed E-state index contributed by atoms with van der Waals surface area (Å²) in [5.41, 5.74) is 0.243. The zero-order valence-electron chi connectivity index (χ0n) is 8.81. The first-order valence-corrected chi connectivity index (χ1v) is 5.25. The Labute approximate surface area is 98.2 Å². The number of benzene rings is 1. The monoisotopic (exact) mass is 244 g/mol. The van der Waals surface area contributed by atoms with Crippen LogP contribution in [-0.4, -0.2) is 22.7 Å². The van der Waals surface area contributed by atoms with Gasteiger partial charge in [-0.15, -0.1) is 0 Å². The summed E-state index contributed by atoms with van der Waals surface area (Å²) < 4.78 is 0. The molecule has 0 bridgehead atoms. The maximum atomic E-state index is 10.8. The third-order valence-corrected chi connectivity index (χ3v) is 2.35. The van der Waals surface area contributed by atoms with Gasteiger partial charge in [-0.25, -0.2) is 0 Å². The van der Waals surface area contributed by atoms with Crippen LogP contribution in [0.4, 0.5) is 11.4 Å². The molecule has 88 valence electrons. The fourth-order valence-corrected chi connectivity index (χ4v) is 1.50. The van der Waals surface area contributed by atoms with E-state index in [1.165, 1.54) is 6.07 Å². The Morgan fingerprint density at radius 1 is 1.62 bits per heavy atom. The molecule has 0 aliphatic rings. The molecule has 1 aromatic carbocycles. The van der Waals surface area contributed by atoms with Crippen molar-refractivity contribution >= 4 is 23.0 Å². The lowest BCUT2D eigenvalue weighted by molar-refractivity contribution is -0.383. The average molecular weight is 245 g/mol. The van der Waals surface area contributed by atoms with Gasteiger partial charge in [-0.2, -0.15) is 0 Å². The van der Waals surface area contributed by atoms with E-state index < -0.39 is 11.0 Å². The highest BCUT2D eigenvalue weighted by Gasteiger charge is 2.17. The van der Waals surface area contributed by atoms with Crippen molar-refractivity contribution in [1.82, 2.24) is 0 Å². The number of nitro groups is 1. The fraction of sp³-hybridized carbons (Fsp3) is 0.400. The van der Waals surface area contributed by atoms with Crippen molar-refractivity contribution in [3.63, 3.8) is 0 Å². The SMILES string of the molecule is CC(O)CCNc1cccc(Cl)c1[N+](=O)[O-]. The summed E-state index contributed by atoms with van der Waals surface area (Å²) in [5.74, 6) is 0. The van der Waals surface area contributed by atoms with Gasteiger partial charge in [0.15, 0.2) is 0 Å². The maximum absolute atomic E-state index is 10.8. The molecule has 1 atom stereocenters. The number of rotatable bonds is 5. The molecule has 0 aliphatic carbocycles. The van der Waals surface area contributed by atoms with E-state index in [2.05, 4.69) is 5.32 Å². The minimum Gasteiger partial charge on any atom is -0.393 e. The number of hydrogen-bond donors (Lipinski definition) is 2. The molecule has 0 radical (unpaired) electrons. The van der Waals surface area contributed by atoms with E-state index in [4.69, 9.17) is 16.7 Å². The van der Waals surface area contributed by atoms with Crippen LogP contribution in [0, 0.1) is 10.1 Å². The van der Waals surface area contributed by atoms with Crippen LogP contribution in [0.5, 0.6) is 0 Å². The molecule has 1 aromatic rings. The number of para-hydroxylation sites is 1. The Bertz CT molecular complexity index is 382. The molecule has 0 saturated heterocycles. The van der Waals surface area contributed by atoms with Gasteiger partial charge in [-0.3, -0.25) is 10.1 Å². The van der Waals surface area contributed by atoms with Crippen LogP contribution in [0.25, 0.3) is 0 Å². The summed E-state index contributed by atoms with van der Waals surface area (Å²) in [6, 6.07) is 4.70. The number of halogens is 1. The van der Waals surface area contributed by atoms with E-state index in [9.17, 15) is 10.1 Å². The van der Waals surface area contributed by atoms with Crippen molar-refractivity contribution < 1.29 is 10.0 Å². The number of anilines is 1. The topological polar surface area (TPSA) is 75.4 Å². The van der Waals surface area contributed by atoms with Crippen molar-refractivity contribution in [2.45, 2.75) is 19.4 Å². The summed E-state index contributed by atoms with van der Waals surface area (Å²) in [6.45, 7) is 2.12. The molecule has 1 unspecified atom stereocenters. The lowest BCUT2D eigenvalue weighted by atomic mass is 10.2. The van der Waals surface area contributed by atoms with E-state index >= 15 is 0 Å². The minimum atomic E-state index is -0.521. The van der Waals surface area contributed by atoms with Gasteiger partial charge >= 0.3 is 5.69 Å². The first-order chi connectivity index (χ1) is 7.52. The van der Waals surface area contributed by atoms with Gasteiger partial charge in [0.05, 0.1) is 11.0 Å².